The Labute approximate surface area is 107 Å². The minimum atomic E-state index is -0.0845. The summed E-state index contributed by atoms with van der Waals surface area (Å²) in [5.74, 6) is 0.453. The molecule has 1 aromatic carbocycles. The van der Waals surface area contributed by atoms with Crippen molar-refractivity contribution in [3.8, 4) is 0 Å². The maximum Gasteiger partial charge on any atom is 0.0720 e. The van der Waals surface area contributed by atoms with Crippen molar-refractivity contribution in [1.29, 1.82) is 0 Å². The first-order chi connectivity index (χ1) is 7.81. The number of benzene rings is 1. The summed E-state index contributed by atoms with van der Waals surface area (Å²) in [5, 5.41) is 3.26. The molecule has 1 heterocycles. The van der Waals surface area contributed by atoms with Gasteiger partial charge in [0.2, 0.25) is 0 Å². The number of alkyl halides is 2. The van der Waals surface area contributed by atoms with Crippen molar-refractivity contribution in [2.75, 3.05) is 37.0 Å². The van der Waals surface area contributed by atoms with Gasteiger partial charge in [0.15, 0.2) is 0 Å². The number of hydrogen-bond acceptors (Lipinski definition) is 2. The molecule has 0 bridgehead atoms. The van der Waals surface area contributed by atoms with Crippen molar-refractivity contribution in [2.45, 2.75) is 5.38 Å². The highest BCUT2D eigenvalue weighted by atomic mass is 35.5. The van der Waals surface area contributed by atoms with Crippen molar-refractivity contribution in [2.24, 2.45) is 0 Å². The van der Waals surface area contributed by atoms with E-state index in [9.17, 15) is 0 Å². The highest BCUT2D eigenvalue weighted by molar-refractivity contribution is 6.28. The van der Waals surface area contributed by atoms with E-state index in [-0.39, 0.29) is 5.38 Å². The van der Waals surface area contributed by atoms with E-state index in [2.05, 4.69) is 34.5 Å². The molecule has 0 amide bonds. The predicted molar refractivity (Wildman–Crippen MR) is 70.8 cm³/mol. The number of nitrogens with one attached hydrogen (secondary N) is 1. The standard InChI is InChI=1S/C12H16Cl2N2/c13-9-12(14)10-1-3-11(4-2-10)16-7-5-15-6-8-16/h1-4,12,15H,5-9H2. The van der Waals surface area contributed by atoms with Crippen molar-refractivity contribution in [3.05, 3.63) is 29.8 Å². The van der Waals surface area contributed by atoms with Gasteiger partial charge in [0.1, 0.15) is 0 Å². The fourth-order valence-corrected chi connectivity index (χ4v) is 2.23. The van der Waals surface area contributed by atoms with Gasteiger partial charge in [-0.25, -0.2) is 0 Å². The SMILES string of the molecule is ClCC(Cl)c1ccc(N2CCNCC2)cc1. The van der Waals surface area contributed by atoms with E-state index in [0.717, 1.165) is 31.7 Å². The van der Waals surface area contributed by atoms with Crippen LogP contribution in [0, 0.1) is 0 Å². The largest absolute Gasteiger partial charge is 0.369 e. The lowest BCUT2D eigenvalue weighted by molar-refractivity contribution is 0.589. The monoisotopic (exact) mass is 258 g/mol. The highest BCUT2D eigenvalue weighted by Gasteiger charge is 2.11. The highest BCUT2D eigenvalue weighted by Crippen LogP contribution is 2.24. The molecule has 4 heteroatoms. The first kappa shape index (κ1) is 12.0. The van der Waals surface area contributed by atoms with Gasteiger partial charge in [0, 0.05) is 37.7 Å². The summed E-state index contributed by atoms with van der Waals surface area (Å²) < 4.78 is 0. The molecule has 0 spiro atoms. The van der Waals surface area contributed by atoms with Gasteiger partial charge in [-0.2, -0.15) is 0 Å². The number of hydrogen-bond donors (Lipinski definition) is 1. The topological polar surface area (TPSA) is 15.3 Å². The zero-order valence-electron chi connectivity index (χ0n) is 9.13. The zero-order valence-corrected chi connectivity index (χ0v) is 10.6. The average Bonchev–Trinajstić information content (AvgIpc) is 2.39. The van der Waals surface area contributed by atoms with Crippen LogP contribution in [0.4, 0.5) is 5.69 Å². The van der Waals surface area contributed by atoms with E-state index in [4.69, 9.17) is 23.2 Å². The lowest BCUT2D eigenvalue weighted by atomic mass is 10.1. The maximum absolute atomic E-state index is 6.07. The molecule has 2 nitrogen and oxygen atoms in total. The Bertz CT molecular complexity index is 320. The molecule has 16 heavy (non-hydrogen) atoms. The van der Waals surface area contributed by atoms with Crippen LogP contribution in [0.1, 0.15) is 10.9 Å². The minimum Gasteiger partial charge on any atom is -0.369 e. The molecule has 1 saturated heterocycles. The van der Waals surface area contributed by atoms with E-state index in [0.29, 0.717) is 5.88 Å². The van der Waals surface area contributed by atoms with E-state index in [1.807, 2.05) is 0 Å². The van der Waals surface area contributed by atoms with Crippen LogP contribution >= 0.6 is 23.2 Å². The number of halogens is 2. The lowest BCUT2D eigenvalue weighted by Crippen LogP contribution is -2.43. The molecule has 0 radical (unpaired) electrons. The van der Waals surface area contributed by atoms with Crippen molar-refractivity contribution < 1.29 is 0 Å². The van der Waals surface area contributed by atoms with E-state index in [1.165, 1.54) is 5.69 Å². The first-order valence-electron chi connectivity index (χ1n) is 5.57. The minimum absolute atomic E-state index is 0.0845. The van der Waals surface area contributed by atoms with Gasteiger partial charge in [-0.05, 0) is 17.7 Å². The number of nitrogens with zero attached hydrogens (tertiary/aromatic N) is 1. The third-order valence-electron chi connectivity index (χ3n) is 2.87. The molecule has 1 aliphatic rings. The van der Waals surface area contributed by atoms with E-state index < -0.39 is 0 Å². The normalized spacial score (nSPS) is 18.5. The van der Waals surface area contributed by atoms with E-state index >= 15 is 0 Å². The Morgan fingerprint density at radius 1 is 1.19 bits per heavy atom. The van der Waals surface area contributed by atoms with Gasteiger partial charge in [0.25, 0.3) is 0 Å². The summed E-state index contributed by atoms with van der Waals surface area (Å²) >= 11 is 11.8. The maximum atomic E-state index is 6.07. The van der Waals surface area contributed by atoms with Crippen LogP contribution in [0.15, 0.2) is 24.3 Å². The molecule has 0 aromatic heterocycles. The van der Waals surface area contributed by atoms with Crippen molar-refractivity contribution in [3.63, 3.8) is 0 Å². The quantitative estimate of drug-likeness (QED) is 0.839. The number of piperazine rings is 1. The average molecular weight is 259 g/mol. The Hall–Kier alpha value is -0.440. The summed E-state index contributed by atoms with van der Waals surface area (Å²) in [5.41, 5.74) is 2.36. The fourth-order valence-electron chi connectivity index (χ4n) is 1.91. The van der Waals surface area contributed by atoms with E-state index in [1.54, 1.807) is 0 Å². The molecule has 1 N–H and O–H groups in total. The Kier molecular flexibility index (Phi) is 4.33. The number of anilines is 1. The Balaban J connectivity index is 2.06. The second kappa shape index (κ2) is 5.76. The number of rotatable bonds is 3. The van der Waals surface area contributed by atoms with Crippen LogP contribution < -0.4 is 10.2 Å². The molecular weight excluding hydrogens is 243 g/mol. The summed E-state index contributed by atoms with van der Waals surface area (Å²) in [6, 6.07) is 8.39. The molecule has 2 rings (SSSR count). The van der Waals surface area contributed by atoms with Crippen molar-refractivity contribution in [1.82, 2.24) is 5.32 Å². The molecule has 1 fully saturated rings. The van der Waals surface area contributed by atoms with Gasteiger partial charge in [-0.3, -0.25) is 0 Å². The second-order valence-corrected chi connectivity index (χ2v) is 4.79. The van der Waals surface area contributed by atoms with Gasteiger partial charge < -0.3 is 10.2 Å². The van der Waals surface area contributed by atoms with Gasteiger partial charge in [-0.15, -0.1) is 23.2 Å². The molecule has 88 valence electrons. The smallest absolute Gasteiger partial charge is 0.0720 e. The van der Waals surface area contributed by atoms with Crippen LogP contribution in [0.25, 0.3) is 0 Å². The predicted octanol–water partition coefficient (Wildman–Crippen LogP) is 2.61. The third-order valence-corrected chi connectivity index (χ3v) is 3.75. The summed E-state index contributed by atoms with van der Waals surface area (Å²) in [6.07, 6.45) is 0. The summed E-state index contributed by atoms with van der Waals surface area (Å²) in [7, 11) is 0. The first-order valence-corrected chi connectivity index (χ1v) is 6.54. The Morgan fingerprint density at radius 3 is 2.38 bits per heavy atom. The molecule has 1 atom stereocenters. The van der Waals surface area contributed by atoms with Gasteiger partial charge >= 0.3 is 0 Å². The van der Waals surface area contributed by atoms with Crippen LogP contribution in [-0.4, -0.2) is 32.1 Å². The molecule has 0 saturated carbocycles. The molecule has 0 aliphatic carbocycles. The molecular formula is C12H16Cl2N2. The van der Waals surface area contributed by atoms with Gasteiger partial charge in [0.05, 0.1) is 5.38 Å². The molecule has 1 unspecified atom stereocenters. The zero-order chi connectivity index (χ0) is 11.4. The van der Waals surface area contributed by atoms with Crippen LogP contribution in [0.2, 0.25) is 0 Å². The van der Waals surface area contributed by atoms with Crippen LogP contribution in [-0.2, 0) is 0 Å². The fraction of sp³-hybridized carbons (Fsp3) is 0.500. The summed E-state index contributed by atoms with van der Waals surface area (Å²) in [6.45, 7) is 4.25. The summed E-state index contributed by atoms with van der Waals surface area (Å²) in [4.78, 5) is 2.38. The molecule has 1 aromatic rings. The Morgan fingerprint density at radius 2 is 1.81 bits per heavy atom. The molecule has 1 aliphatic heterocycles. The van der Waals surface area contributed by atoms with Crippen LogP contribution in [0.5, 0.6) is 0 Å². The third kappa shape index (κ3) is 2.82. The van der Waals surface area contributed by atoms with Gasteiger partial charge in [-0.1, -0.05) is 12.1 Å². The van der Waals surface area contributed by atoms with Crippen LogP contribution in [0.3, 0.4) is 0 Å². The second-order valence-electron chi connectivity index (χ2n) is 3.95. The lowest BCUT2D eigenvalue weighted by Gasteiger charge is -2.29. The van der Waals surface area contributed by atoms with Crippen molar-refractivity contribution >= 4 is 28.9 Å².